The lowest BCUT2D eigenvalue weighted by atomic mass is 10.0. The van der Waals surface area contributed by atoms with Crippen LogP contribution in [0.3, 0.4) is 0 Å². The molecule has 3 heteroatoms. The minimum atomic E-state index is 0.368. The number of nitrogens with zero attached hydrogens (tertiary/aromatic N) is 1. The first-order valence-electron chi connectivity index (χ1n) is 7.03. The van der Waals surface area contributed by atoms with Crippen LogP contribution in [0.1, 0.15) is 24.5 Å². The SMILES string of the molecule is CC1CCc2ccc(CN3CCNCC3)cc2O1. The summed E-state index contributed by atoms with van der Waals surface area (Å²) in [7, 11) is 0. The van der Waals surface area contributed by atoms with Gasteiger partial charge in [0, 0.05) is 32.7 Å². The van der Waals surface area contributed by atoms with E-state index >= 15 is 0 Å². The molecule has 98 valence electrons. The van der Waals surface area contributed by atoms with E-state index in [9.17, 15) is 0 Å². The second kappa shape index (κ2) is 5.29. The minimum absolute atomic E-state index is 0.368. The van der Waals surface area contributed by atoms with Crippen molar-refractivity contribution in [2.75, 3.05) is 26.2 Å². The number of hydrogen-bond acceptors (Lipinski definition) is 3. The van der Waals surface area contributed by atoms with Crippen molar-refractivity contribution in [1.29, 1.82) is 0 Å². The average molecular weight is 246 g/mol. The van der Waals surface area contributed by atoms with Crippen LogP contribution in [0.25, 0.3) is 0 Å². The summed E-state index contributed by atoms with van der Waals surface area (Å²) in [5.74, 6) is 1.11. The fourth-order valence-corrected chi connectivity index (χ4v) is 2.78. The van der Waals surface area contributed by atoms with Crippen molar-refractivity contribution < 1.29 is 4.74 Å². The Morgan fingerprint density at radius 3 is 3.00 bits per heavy atom. The second-order valence-corrected chi connectivity index (χ2v) is 5.44. The number of hydrogen-bond donors (Lipinski definition) is 1. The van der Waals surface area contributed by atoms with Gasteiger partial charge in [-0.2, -0.15) is 0 Å². The molecule has 0 aromatic heterocycles. The predicted molar refractivity (Wildman–Crippen MR) is 73.0 cm³/mol. The van der Waals surface area contributed by atoms with Gasteiger partial charge in [0.1, 0.15) is 5.75 Å². The first-order chi connectivity index (χ1) is 8.81. The van der Waals surface area contributed by atoms with E-state index in [1.807, 2.05) is 0 Å². The van der Waals surface area contributed by atoms with Gasteiger partial charge in [-0.25, -0.2) is 0 Å². The highest BCUT2D eigenvalue weighted by Crippen LogP contribution is 2.28. The Morgan fingerprint density at radius 1 is 1.33 bits per heavy atom. The molecular weight excluding hydrogens is 224 g/mol. The van der Waals surface area contributed by atoms with E-state index in [4.69, 9.17) is 4.74 Å². The van der Waals surface area contributed by atoms with Gasteiger partial charge in [0.15, 0.2) is 0 Å². The third kappa shape index (κ3) is 2.68. The lowest BCUT2D eigenvalue weighted by Crippen LogP contribution is -2.42. The second-order valence-electron chi connectivity index (χ2n) is 5.44. The van der Waals surface area contributed by atoms with Gasteiger partial charge < -0.3 is 10.1 Å². The summed E-state index contributed by atoms with van der Waals surface area (Å²) in [6, 6.07) is 6.76. The van der Waals surface area contributed by atoms with Crippen molar-refractivity contribution in [3.05, 3.63) is 29.3 Å². The molecule has 1 saturated heterocycles. The number of nitrogens with one attached hydrogen (secondary N) is 1. The van der Waals surface area contributed by atoms with E-state index in [0.717, 1.165) is 51.3 Å². The van der Waals surface area contributed by atoms with E-state index in [2.05, 4.69) is 35.3 Å². The van der Waals surface area contributed by atoms with E-state index in [-0.39, 0.29) is 0 Å². The van der Waals surface area contributed by atoms with E-state index < -0.39 is 0 Å². The van der Waals surface area contributed by atoms with Crippen molar-refractivity contribution in [2.24, 2.45) is 0 Å². The van der Waals surface area contributed by atoms with Crippen LogP contribution in [0.4, 0.5) is 0 Å². The average Bonchev–Trinajstić information content (AvgIpc) is 2.39. The molecular formula is C15H22N2O. The molecule has 0 amide bonds. The Morgan fingerprint density at radius 2 is 2.17 bits per heavy atom. The Kier molecular flexibility index (Phi) is 3.52. The number of fused-ring (bicyclic) bond motifs is 1. The van der Waals surface area contributed by atoms with Gasteiger partial charge in [-0.05, 0) is 37.0 Å². The number of aryl methyl sites for hydroxylation is 1. The molecule has 0 aliphatic carbocycles. The maximum Gasteiger partial charge on any atom is 0.123 e. The highest BCUT2D eigenvalue weighted by Gasteiger charge is 2.17. The quantitative estimate of drug-likeness (QED) is 0.861. The van der Waals surface area contributed by atoms with Gasteiger partial charge >= 0.3 is 0 Å². The third-order valence-corrected chi connectivity index (χ3v) is 3.90. The zero-order valence-corrected chi connectivity index (χ0v) is 11.1. The van der Waals surface area contributed by atoms with Gasteiger partial charge in [0.2, 0.25) is 0 Å². The summed E-state index contributed by atoms with van der Waals surface area (Å²) in [5.41, 5.74) is 2.75. The normalized spacial score (nSPS) is 24.4. The monoisotopic (exact) mass is 246 g/mol. The molecule has 18 heavy (non-hydrogen) atoms. The molecule has 0 bridgehead atoms. The summed E-state index contributed by atoms with van der Waals surface area (Å²) in [5, 5.41) is 3.39. The minimum Gasteiger partial charge on any atom is -0.490 e. The molecule has 3 rings (SSSR count). The zero-order chi connectivity index (χ0) is 12.4. The molecule has 1 aromatic rings. The molecule has 2 aliphatic rings. The van der Waals surface area contributed by atoms with Crippen LogP contribution in [0.15, 0.2) is 18.2 Å². The van der Waals surface area contributed by atoms with Crippen LogP contribution in [0.5, 0.6) is 5.75 Å². The Balaban J connectivity index is 1.71. The van der Waals surface area contributed by atoms with Crippen molar-refractivity contribution in [3.63, 3.8) is 0 Å². The van der Waals surface area contributed by atoms with E-state index in [0.29, 0.717) is 6.10 Å². The van der Waals surface area contributed by atoms with Crippen LogP contribution in [0, 0.1) is 0 Å². The van der Waals surface area contributed by atoms with Gasteiger partial charge in [-0.1, -0.05) is 12.1 Å². The molecule has 0 radical (unpaired) electrons. The highest BCUT2D eigenvalue weighted by atomic mass is 16.5. The molecule has 1 aromatic carbocycles. The Bertz CT molecular complexity index is 413. The fourth-order valence-electron chi connectivity index (χ4n) is 2.78. The van der Waals surface area contributed by atoms with Gasteiger partial charge in [0.25, 0.3) is 0 Å². The summed E-state index contributed by atoms with van der Waals surface area (Å²) in [6.45, 7) is 7.72. The largest absolute Gasteiger partial charge is 0.490 e. The van der Waals surface area contributed by atoms with Crippen LogP contribution < -0.4 is 10.1 Å². The molecule has 3 nitrogen and oxygen atoms in total. The standard InChI is InChI=1S/C15H22N2O/c1-12-2-4-14-5-3-13(10-15(14)18-12)11-17-8-6-16-7-9-17/h3,5,10,12,16H,2,4,6-9,11H2,1H3. The van der Waals surface area contributed by atoms with Crippen molar-refractivity contribution in [3.8, 4) is 5.75 Å². The molecule has 2 heterocycles. The molecule has 1 unspecified atom stereocenters. The summed E-state index contributed by atoms with van der Waals surface area (Å²) in [6.07, 6.45) is 2.67. The van der Waals surface area contributed by atoms with E-state index in [1.54, 1.807) is 0 Å². The predicted octanol–water partition coefficient (Wildman–Crippen LogP) is 1.81. The van der Waals surface area contributed by atoms with Crippen LogP contribution in [0.2, 0.25) is 0 Å². The topological polar surface area (TPSA) is 24.5 Å². The molecule has 0 saturated carbocycles. The maximum atomic E-state index is 5.93. The Hall–Kier alpha value is -1.06. The van der Waals surface area contributed by atoms with Gasteiger partial charge in [-0.15, -0.1) is 0 Å². The van der Waals surface area contributed by atoms with Crippen molar-refractivity contribution in [1.82, 2.24) is 10.2 Å². The van der Waals surface area contributed by atoms with Crippen LogP contribution >= 0.6 is 0 Å². The number of piperazine rings is 1. The number of ether oxygens (including phenoxy) is 1. The summed E-state index contributed by atoms with van der Waals surface area (Å²) < 4.78 is 5.93. The number of rotatable bonds is 2. The number of benzene rings is 1. The first-order valence-corrected chi connectivity index (χ1v) is 7.03. The maximum absolute atomic E-state index is 5.93. The molecule has 0 spiro atoms. The summed E-state index contributed by atoms with van der Waals surface area (Å²) >= 11 is 0. The van der Waals surface area contributed by atoms with Gasteiger partial charge in [0.05, 0.1) is 6.10 Å². The van der Waals surface area contributed by atoms with Crippen LogP contribution in [-0.2, 0) is 13.0 Å². The summed E-state index contributed by atoms with van der Waals surface area (Å²) in [4.78, 5) is 2.50. The molecule has 1 atom stereocenters. The lowest BCUT2D eigenvalue weighted by molar-refractivity contribution is 0.191. The Labute approximate surface area is 109 Å². The third-order valence-electron chi connectivity index (χ3n) is 3.90. The zero-order valence-electron chi connectivity index (χ0n) is 11.1. The fraction of sp³-hybridized carbons (Fsp3) is 0.600. The van der Waals surface area contributed by atoms with Crippen molar-refractivity contribution >= 4 is 0 Å². The molecule has 1 N–H and O–H groups in total. The smallest absolute Gasteiger partial charge is 0.123 e. The first kappa shape index (κ1) is 12.0. The molecule has 1 fully saturated rings. The van der Waals surface area contributed by atoms with Crippen molar-refractivity contribution in [2.45, 2.75) is 32.4 Å². The van der Waals surface area contributed by atoms with E-state index in [1.165, 1.54) is 11.1 Å². The van der Waals surface area contributed by atoms with Crippen LogP contribution in [-0.4, -0.2) is 37.2 Å². The van der Waals surface area contributed by atoms with Gasteiger partial charge in [-0.3, -0.25) is 4.90 Å². The molecule has 2 aliphatic heterocycles. The lowest BCUT2D eigenvalue weighted by Gasteiger charge is -2.28. The highest BCUT2D eigenvalue weighted by molar-refractivity contribution is 5.39.